The van der Waals surface area contributed by atoms with Crippen LogP contribution in [-0.2, 0) is 14.3 Å². The van der Waals surface area contributed by atoms with Gasteiger partial charge in [-0.3, -0.25) is 4.79 Å². The molecule has 1 amide bonds. The van der Waals surface area contributed by atoms with Crippen molar-refractivity contribution in [2.24, 2.45) is 0 Å². The molecule has 0 bridgehead atoms. The average Bonchev–Trinajstić information content (AvgIpc) is 2.38. The van der Waals surface area contributed by atoms with E-state index in [2.05, 4.69) is 5.32 Å². The first kappa shape index (κ1) is 15.4. The highest BCUT2D eigenvalue weighted by atomic mass is 16.5. The van der Waals surface area contributed by atoms with Gasteiger partial charge in [-0.15, -0.1) is 0 Å². The molecular weight excluding hydrogens is 232 g/mol. The molecule has 1 aliphatic heterocycles. The van der Waals surface area contributed by atoms with Gasteiger partial charge in [-0.05, 0) is 25.8 Å². The van der Waals surface area contributed by atoms with Crippen LogP contribution >= 0.6 is 0 Å². The molecule has 1 rings (SSSR count). The van der Waals surface area contributed by atoms with E-state index in [9.17, 15) is 4.79 Å². The van der Waals surface area contributed by atoms with Crippen LogP contribution in [0.25, 0.3) is 0 Å². The molecule has 0 aromatic heterocycles. The van der Waals surface area contributed by atoms with E-state index in [0.29, 0.717) is 19.3 Å². The van der Waals surface area contributed by atoms with Crippen LogP contribution < -0.4 is 5.32 Å². The van der Waals surface area contributed by atoms with E-state index in [-0.39, 0.29) is 5.91 Å². The molecule has 1 heterocycles. The van der Waals surface area contributed by atoms with Crippen molar-refractivity contribution in [3.63, 3.8) is 0 Å². The van der Waals surface area contributed by atoms with Gasteiger partial charge in [0.05, 0.1) is 13.2 Å². The largest absolute Gasteiger partial charge is 0.382 e. The van der Waals surface area contributed by atoms with Crippen LogP contribution in [-0.4, -0.2) is 63.4 Å². The third kappa shape index (κ3) is 6.33. The fourth-order valence-corrected chi connectivity index (χ4v) is 2.12. The summed E-state index contributed by atoms with van der Waals surface area (Å²) >= 11 is 0. The number of nitrogens with zero attached hydrogens (tertiary/aromatic N) is 1. The molecule has 1 N–H and O–H groups in total. The van der Waals surface area contributed by atoms with Gasteiger partial charge in [0.2, 0.25) is 5.91 Å². The van der Waals surface area contributed by atoms with Crippen LogP contribution in [0.5, 0.6) is 0 Å². The number of nitrogens with one attached hydrogen (secondary N) is 1. The zero-order valence-corrected chi connectivity index (χ0v) is 11.6. The van der Waals surface area contributed by atoms with Crippen molar-refractivity contribution in [3.05, 3.63) is 0 Å². The quantitative estimate of drug-likeness (QED) is 0.649. The van der Waals surface area contributed by atoms with Crippen LogP contribution in [0.3, 0.4) is 0 Å². The molecule has 0 unspecified atom stereocenters. The number of likely N-dealkylation sites (tertiary alicyclic amines) is 1. The predicted molar refractivity (Wildman–Crippen MR) is 70.6 cm³/mol. The van der Waals surface area contributed by atoms with E-state index in [1.807, 2.05) is 4.90 Å². The van der Waals surface area contributed by atoms with E-state index in [1.165, 1.54) is 0 Å². The van der Waals surface area contributed by atoms with Crippen LogP contribution in [0.2, 0.25) is 0 Å². The van der Waals surface area contributed by atoms with Crippen molar-refractivity contribution in [1.29, 1.82) is 0 Å². The lowest BCUT2D eigenvalue weighted by atomic mass is 10.1. The number of methoxy groups -OCH3 is 1. The topological polar surface area (TPSA) is 50.8 Å². The van der Waals surface area contributed by atoms with Gasteiger partial charge in [0.25, 0.3) is 0 Å². The van der Waals surface area contributed by atoms with Crippen molar-refractivity contribution < 1.29 is 14.3 Å². The highest BCUT2D eigenvalue weighted by molar-refractivity contribution is 5.73. The molecule has 18 heavy (non-hydrogen) atoms. The third-order valence-corrected chi connectivity index (χ3v) is 3.27. The van der Waals surface area contributed by atoms with E-state index in [0.717, 1.165) is 45.5 Å². The van der Waals surface area contributed by atoms with E-state index < -0.39 is 0 Å². The minimum Gasteiger partial charge on any atom is -0.382 e. The van der Waals surface area contributed by atoms with Crippen molar-refractivity contribution >= 4 is 5.91 Å². The molecule has 1 fully saturated rings. The molecule has 5 nitrogen and oxygen atoms in total. The maximum Gasteiger partial charge on any atom is 0.219 e. The number of amides is 1. The Morgan fingerprint density at radius 3 is 2.61 bits per heavy atom. The molecule has 1 aliphatic rings. The Bertz CT molecular complexity index is 228. The summed E-state index contributed by atoms with van der Waals surface area (Å²) in [6, 6.07) is 0.555. The minimum absolute atomic E-state index is 0.194. The second-order valence-electron chi connectivity index (χ2n) is 4.69. The lowest BCUT2D eigenvalue weighted by molar-refractivity contribution is -0.129. The van der Waals surface area contributed by atoms with Gasteiger partial charge in [-0.1, -0.05) is 0 Å². The van der Waals surface area contributed by atoms with Crippen LogP contribution in [0, 0.1) is 0 Å². The Kier molecular flexibility index (Phi) is 7.96. The number of piperidine rings is 1. The van der Waals surface area contributed by atoms with Gasteiger partial charge < -0.3 is 19.7 Å². The number of hydrogen-bond donors (Lipinski definition) is 1. The SMILES string of the molecule is COCCOCCCNC1CCN(C(C)=O)CC1. The molecule has 0 spiro atoms. The third-order valence-electron chi connectivity index (χ3n) is 3.27. The first-order chi connectivity index (χ1) is 8.74. The Labute approximate surface area is 110 Å². The molecule has 0 aromatic carbocycles. The van der Waals surface area contributed by atoms with E-state index in [1.54, 1.807) is 14.0 Å². The van der Waals surface area contributed by atoms with Crippen molar-refractivity contribution in [2.45, 2.75) is 32.2 Å². The molecule has 0 aliphatic carbocycles. The lowest BCUT2D eigenvalue weighted by Crippen LogP contribution is -2.44. The van der Waals surface area contributed by atoms with Gasteiger partial charge in [0.15, 0.2) is 0 Å². The first-order valence-corrected chi connectivity index (χ1v) is 6.79. The molecule has 0 saturated carbocycles. The van der Waals surface area contributed by atoms with Crippen molar-refractivity contribution in [1.82, 2.24) is 10.2 Å². The number of carbonyl (C=O) groups excluding carboxylic acids is 1. The van der Waals surface area contributed by atoms with Crippen LogP contribution in [0.1, 0.15) is 26.2 Å². The van der Waals surface area contributed by atoms with Crippen LogP contribution in [0.4, 0.5) is 0 Å². The zero-order valence-electron chi connectivity index (χ0n) is 11.6. The molecule has 0 radical (unpaired) electrons. The predicted octanol–water partition coefficient (Wildman–Crippen LogP) is 0.640. The summed E-state index contributed by atoms with van der Waals surface area (Å²) in [7, 11) is 1.68. The summed E-state index contributed by atoms with van der Waals surface area (Å²) < 4.78 is 10.3. The normalized spacial score (nSPS) is 17.1. The smallest absolute Gasteiger partial charge is 0.219 e. The Morgan fingerprint density at radius 1 is 1.28 bits per heavy atom. The Balaban J connectivity index is 1.93. The second kappa shape index (κ2) is 9.30. The standard InChI is InChI=1S/C13H26N2O3/c1-12(16)15-7-4-13(5-8-15)14-6-3-9-18-11-10-17-2/h13-14H,3-11H2,1-2H3. The average molecular weight is 258 g/mol. The highest BCUT2D eigenvalue weighted by Gasteiger charge is 2.19. The van der Waals surface area contributed by atoms with E-state index in [4.69, 9.17) is 9.47 Å². The Hall–Kier alpha value is -0.650. The molecule has 106 valence electrons. The Morgan fingerprint density at radius 2 is 2.00 bits per heavy atom. The van der Waals surface area contributed by atoms with Crippen molar-refractivity contribution in [3.8, 4) is 0 Å². The number of rotatable bonds is 8. The second-order valence-corrected chi connectivity index (χ2v) is 4.69. The highest BCUT2D eigenvalue weighted by Crippen LogP contribution is 2.10. The fourth-order valence-electron chi connectivity index (χ4n) is 2.12. The minimum atomic E-state index is 0.194. The summed E-state index contributed by atoms with van der Waals surface area (Å²) in [5.74, 6) is 0.194. The lowest BCUT2D eigenvalue weighted by Gasteiger charge is -2.31. The van der Waals surface area contributed by atoms with Crippen LogP contribution in [0.15, 0.2) is 0 Å². The molecule has 0 aromatic rings. The number of hydrogen-bond acceptors (Lipinski definition) is 4. The number of ether oxygens (including phenoxy) is 2. The van der Waals surface area contributed by atoms with Gasteiger partial charge >= 0.3 is 0 Å². The van der Waals surface area contributed by atoms with E-state index >= 15 is 0 Å². The summed E-state index contributed by atoms with van der Waals surface area (Å²) in [6.07, 6.45) is 3.14. The summed E-state index contributed by atoms with van der Waals surface area (Å²) in [5.41, 5.74) is 0. The molecular formula is C13H26N2O3. The fraction of sp³-hybridized carbons (Fsp3) is 0.923. The van der Waals surface area contributed by atoms with Gasteiger partial charge in [-0.2, -0.15) is 0 Å². The molecule has 5 heteroatoms. The molecule has 0 atom stereocenters. The maximum atomic E-state index is 11.2. The maximum absolute atomic E-state index is 11.2. The van der Waals surface area contributed by atoms with Gasteiger partial charge in [0, 0.05) is 39.8 Å². The summed E-state index contributed by atoms with van der Waals surface area (Å²) in [5, 5.41) is 3.52. The summed E-state index contributed by atoms with van der Waals surface area (Å²) in [4.78, 5) is 13.1. The van der Waals surface area contributed by atoms with Crippen molar-refractivity contribution in [2.75, 3.05) is 46.6 Å². The zero-order chi connectivity index (χ0) is 13.2. The summed E-state index contributed by atoms with van der Waals surface area (Å²) in [6.45, 7) is 6.52. The number of carbonyl (C=O) groups is 1. The first-order valence-electron chi connectivity index (χ1n) is 6.79. The van der Waals surface area contributed by atoms with Gasteiger partial charge in [-0.25, -0.2) is 0 Å². The molecule has 1 saturated heterocycles. The monoisotopic (exact) mass is 258 g/mol. The van der Waals surface area contributed by atoms with Gasteiger partial charge in [0.1, 0.15) is 0 Å².